The summed E-state index contributed by atoms with van der Waals surface area (Å²) in [6.45, 7) is 6.18. The highest BCUT2D eigenvalue weighted by molar-refractivity contribution is 5.71. The molecule has 0 amide bonds. The number of allylic oxidation sites excluding steroid dienone is 18. The van der Waals surface area contributed by atoms with Gasteiger partial charge in [0.15, 0.2) is 6.10 Å². The topological polar surface area (TPSA) is 78.9 Å². The van der Waals surface area contributed by atoms with Crippen LogP contribution in [0.5, 0.6) is 0 Å². The summed E-state index contributed by atoms with van der Waals surface area (Å²) in [6, 6.07) is 0. The van der Waals surface area contributed by atoms with Gasteiger partial charge in [0.1, 0.15) is 13.2 Å². The molecule has 0 aromatic rings. The second-order valence-corrected chi connectivity index (χ2v) is 14.9. The van der Waals surface area contributed by atoms with Crippen LogP contribution >= 0.6 is 0 Å². The van der Waals surface area contributed by atoms with Crippen molar-refractivity contribution in [2.75, 3.05) is 13.2 Å². The van der Waals surface area contributed by atoms with E-state index < -0.39 is 6.10 Å². The van der Waals surface area contributed by atoms with E-state index in [-0.39, 0.29) is 31.1 Å². The SMILES string of the molecule is CC\C=C/C=C\C=C/CCCCCCCC(=O)OC(COC(=O)CCCC/C=C\C/C=C\C/C=C\CC)COC(=O)CCCCCCCC/C=C\C/C=C\C/C=C\CC. The zero-order valence-electron chi connectivity index (χ0n) is 37.7. The van der Waals surface area contributed by atoms with Crippen LogP contribution in [0.15, 0.2) is 109 Å². The summed E-state index contributed by atoms with van der Waals surface area (Å²) in [5, 5.41) is 0. The average Bonchev–Trinajstić information content (AvgIpc) is 3.23. The van der Waals surface area contributed by atoms with E-state index >= 15 is 0 Å². The fraction of sp³-hybridized carbons (Fsp3) is 0.604. The van der Waals surface area contributed by atoms with Gasteiger partial charge in [-0.05, 0) is 103 Å². The normalized spacial score (nSPS) is 13.1. The highest BCUT2D eigenvalue weighted by Crippen LogP contribution is 2.12. The number of ether oxygens (including phenoxy) is 3. The van der Waals surface area contributed by atoms with Crippen LogP contribution in [0.3, 0.4) is 0 Å². The molecule has 0 radical (unpaired) electrons. The first-order valence-corrected chi connectivity index (χ1v) is 23.4. The Morgan fingerprint density at radius 1 is 0.356 bits per heavy atom. The molecule has 0 heterocycles. The van der Waals surface area contributed by atoms with Gasteiger partial charge in [-0.2, -0.15) is 0 Å². The highest BCUT2D eigenvalue weighted by atomic mass is 16.6. The van der Waals surface area contributed by atoms with E-state index in [0.29, 0.717) is 19.3 Å². The van der Waals surface area contributed by atoms with Gasteiger partial charge >= 0.3 is 17.9 Å². The van der Waals surface area contributed by atoms with Crippen LogP contribution in [-0.2, 0) is 28.6 Å². The van der Waals surface area contributed by atoms with Gasteiger partial charge in [0, 0.05) is 19.3 Å². The molecule has 0 saturated heterocycles. The lowest BCUT2D eigenvalue weighted by Crippen LogP contribution is -2.30. The van der Waals surface area contributed by atoms with E-state index in [1.165, 1.54) is 12.8 Å². The molecular weight excluding hydrogens is 733 g/mol. The third-order valence-corrected chi connectivity index (χ3v) is 9.31. The number of esters is 3. The summed E-state index contributed by atoms with van der Waals surface area (Å²) >= 11 is 0. The summed E-state index contributed by atoms with van der Waals surface area (Å²) in [7, 11) is 0. The van der Waals surface area contributed by atoms with Gasteiger partial charge in [0.2, 0.25) is 0 Å². The smallest absolute Gasteiger partial charge is 0.306 e. The standard InChI is InChI=1S/C53H84O6/c1-4-7-10-13-16-19-22-25-26-27-29-31-34-37-40-43-46-52(55)58-49-50(48-57-51(54)45-42-39-36-33-30-24-21-18-15-12-9-6-3)59-53(56)47-44-41-38-35-32-28-23-20-17-14-11-8-5-2/h7-12,14,16-21,23,25-26,30,33,50H,4-6,13,15,22,24,27-29,31-32,34-49H2,1-3H3/b10-7-,11-8-,12-9-,17-14-,19-16-,21-18-,23-20-,26-25-,33-30-. The predicted octanol–water partition coefficient (Wildman–Crippen LogP) is 15.2. The molecule has 0 aromatic carbocycles. The largest absolute Gasteiger partial charge is 0.462 e. The van der Waals surface area contributed by atoms with Crippen molar-refractivity contribution in [3.05, 3.63) is 109 Å². The third-order valence-electron chi connectivity index (χ3n) is 9.31. The maximum Gasteiger partial charge on any atom is 0.306 e. The molecule has 0 aliphatic carbocycles. The molecule has 1 atom stereocenters. The van der Waals surface area contributed by atoms with Crippen molar-refractivity contribution in [2.24, 2.45) is 0 Å². The van der Waals surface area contributed by atoms with Crippen LogP contribution in [0.1, 0.15) is 188 Å². The first-order chi connectivity index (χ1) is 29.0. The summed E-state index contributed by atoms with van der Waals surface area (Å²) < 4.78 is 16.7. The molecule has 6 heteroatoms. The molecule has 0 aromatic heterocycles. The fourth-order valence-electron chi connectivity index (χ4n) is 5.88. The summed E-state index contributed by atoms with van der Waals surface area (Å²) in [6.07, 6.45) is 62.2. The van der Waals surface area contributed by atoms with Crippen LogP contribution in [0.4, 0.5) is 0 Å². The van der Waals surface area contributed by atoms with Crippen LogP contribution in [-0.4, -0.2) is 37.2 Å². The monoisotopic (exact) mass is 817 g/mol. The van der Waals surface area contributed by atoms with Gasteiger partial charge in [-0.25, -0.2) is 0 Å². The third kappa shape index (κ3) is 45.0. The lowest BCUT2D eigenvalue weighted by atomic mass is 10.1. The zero-order valence-corrected chi connectivity index (χ0v) is 37.7. The van der Waals surface area contributed by atoms with E-state index in [0.717, 1.165) is 135 Å². The van der Waals surface area contributed by atoms with Crippen LogP contribution in [0.25, 0.3) is 0 Å². The number of rotatable bonds is 40. The first kappa shape index (κ1) is 55.1. The summed E-state index contributed by atoms with van der Waals surface area (Å²) in [4.78, 5) is 37.8. The molecule has 59 heavy (non-hydrogen) atoms. The van der Waals surface area contributed by atoms with E-state index in [2.05, 4.69) is 124 Å². The summed E-state index contributed by atoms with van der Waals surface area (Å²) in [5.41, 5.74) is 0. The van der Waals surface area contributed by atoms with Crippen molar-refractivity contribution in [1.29, 1.82) is 0 Å². The Balaban J connectivity index is 4.50. The zero-order chi connectivity index (χ0) is 43.0. The van der Waals surface area contributed by atoms with Crippen molar-refractivity contribution in [3.8, 4) is 0 Å². The Morgan fingerprint density at radius 3 is 1.17 bits per heavy atom. The van der Waals surface area contributed by atoms with Crippen molar-refractivity contribution in [3.63, 3.8) is 0 Å². The number of hydrogen-bond donors (Lipinski definition) is 0. The number of carbonyl (C=O) groups excluding carboxylic acids is 3. The molecule has 0 aliphatic heterocycles. The number of carbonyl (C=O) groups is 3. The van der Waals surface area contributed by atoms with Gasteiger partial charge in [0.05, 0.1) is 0 Å². The van der Waals surface area contributed by atoms with Crippen LogP contribution in [0, 0.1) is 0 Å². The molecule has 1 unspecified atom stereocenters. The second-order valence-electron chi connectivity index (χ2n) is 14.9. The molecule has 0 spiro atoms. The van der Waals surface area contributed by atoms with Gasteiger partial charge in [-0.1, -0.05) is 175 Å². The average molecular weight is 817 g/mol. The lowest BCUT2D eigenvalue weighted by Gasteiger charge is -2.18. The minimum absolute atomic E-state index is 0.108. The Labute approximate surface area is 361 Å². The molecule has 0 rings (SSSR count). The molecular formula is C53H84O6. The molecule has 0 saturated carbocycles. The minimum Gasteiger partial charge on any atom is -0.462 e. The Hall–Kier alpha value is -3.93. The molecule has 6 nitrogen and oxygen atoms in total. The molecule has 0 aliphatic rings. The molecule has 0 bridgehead atoms. The maximum absolute atomic E-state index is 12.7. The van der Waals surface area contributed by atoms with E-state index in [1.54, 1.807) is 0 Å². The fourth-order valence-corrected chi connectivity index (χ4v) is 5.88. The minimum atomic E-state index is -0.810. The van der Waals surface area contributed by atoms with Crippen molar-refractivity contribution >= 4 is 17.9 Å². The van der Waals surface area contributed by atoms with Crippen molar-refractivity contribution < 1.29 is 28.6 Å². The van der Waals surface area contributed by atoms with Crippen molar-refractivity contribution in [1.82, 2.24) is 0 Å². The first-order valence-electron chi connectivity index (χ1n) is 23.4. The quantitative estimate of drug-likeness (QED) is 0.0201. The number of hydrogen-bond acceptors (Lipinski definition) is 6. The molecule has 332 valence electrons. The van der Waals surface area contributed by atoms with Gasteiger partial charge in [-0.15, -0.1) is 0 Å². The maximum atomic E-state index is 12.7. The Kier molecular flexibility index (Phi) is 43.6. The van der Waals surface area contributed by atoms with Crippen molar-refractivity contribution in [2.45, 2.75) is 194 Å². The number of unbranched alkanes of at least 4 members (excludes halogenated alkanes) is 13. The Bertz CT molecular complexity index is 1260. The van der Waals surface area contributed by atoms with Gasteiger partial charge < -0.3 is 14.2 Å². The van der Waals surface area contributed by atoms with Crippen LogP contribution in [0.2, 0.25) is 0 Å². The second kappa shape index (κ2) is 46.8. The van der Waals surface area contributed by atoms with Crippen LogP contribution < -0.4 is 0 Å². The van der Waals surface area contributed by atoms with E-state index in [9.17, 15) is 14.4 Å². The van der Waals surface area contributed by atoms with Gasteiger partial charge in [-0.3, -0.25) is 14.4 Å². The van der Waals surface area contributed by atoms with E-state index in [1.807, 2.05) is 6.08 Å². The molecule has 0 N–H and O–H groups in total. The van der Waals surface area contributed by atoms with Gasteiger partial charge in [0.25, 0.3) is 0 Å². The molecule has 0 fully saturated rings. The Morgan fingerprint density at radius 2 is 0.695 bits per heavy atom. The summed E-state index contributed by atoms with van der Waals surface area (Å²) in [5.74, 6) is -0.993. The lowest BCUT2D eigenvalue weighted by molar-refractivity contribution is -0.167. The highest BCUT2D eigenvalue weighted by Gasteiger charge is 2.19. The predicted molar refractivity (Wildman–Crippen MR) is 251 cm³/mol. The van der Waals surface area contributed by atoms with E-state index in [4.69, 9.17) is 14.2 Å².